The van der Waals surface area contributed by atoms with Gasteiger partial charge >= 0.3 is 5.97 Å². The van der Waals surface area contributed by atoms with E-state index < -0.39 is 33.7 Å². The van der Waals surface area contributed by atoms with E-state index in [1.807, 2.05) is 6.92 Å². The van der Waals surface area contributed by atoms with Crippen molar-refractivity contribution < 1.29 is 27.5 Å². The lowest BCUT2D eigenvalue weighted by Gasteiger charge is -2.30. The molecule has 1 saturated heterocycles. The molecule has 32 heavy (non-hydrogen) atoms. The molecule has 0 N–H and O–H groups in total. The molecule has 0 aliphatic carbocycles. The van der Waals surface area contributed by atoms with E-state index in [-0.39, 0.29) is 31.1 Å². The quantitative estimate of drug-likeness (QED) is 0.488. The number of imide groups is 1. The Morgan fingerprint density at radius 3 is 2.09 bits per heavy atom. The maximum Gasteiger partial charge on any atom is 0.309 e. The Hall–Kier alpha value is -3.04. The third kappa shape index (κ3) is 4.18. The van der Waals surface area contributed by atoms with E-state index in [2.05, 4.69) is 0 Å². The van der Waals surface area contributed by atoms with E-state index in [0.29, 0.717) is 24.0 Å². The third-order valence-electron chi connectivity index (χ3n) is 5.88. The normalized spacial score (nSPS) is 17.5. The Balaban J connectivity index is 1.27. The molecule has 2 aliphatic rings. The second-order valence-corrected chi connectivity index (χ2v) is 9.90. The van der Waals surface area contributed by atoms with Crippen LogP contribution in [0.25, 0.3) is 0 Å². The molecule has 2 aromatic rings. The van der Waals surface area contributed by atoms with Gasteiger partial charge in [-0.1, -0.05) is 29.8 Å². The average Bonchev–Trinajstić information content (AvgIpc) is 3.04. The van der Waals surface area contributed by atoms with E-state index in [0.717, 1.165) is 10.5 Å². The van der Waals surface area contributed by atoms with Crippen molar-refractivity contribution in [2.75, 3.05) is 26.2 Å². The molecule has 168 valence electrons. The summed E-state index contributed by atoms with van der Waals surface area (Å²) in [5.74, 6) is -1.64. The molecule has 8 nitrogen and oxygen atoms in total. The molecule has 0 spiro atoms. The van der Waals surface area contributed by atoms with Crippen molar-refractivity contribution in [1.82, 2.24) is 9.21 Å². The van der Waals surface area contributed by atoms with Crippen molar-refractivity contribution >= 4 is 27.8 Å². The van der Waals surface area contributed by atoms with Crippen LogP contribution in [0.2, 0.25) is 0 Å². The first-order valence-electron chi connectivity index (χ1n) is 10.5. The number of ether oxygens (including phenoxy) is 1. The largest absolute Gasteiger partial charge is 0.464 e. The number of rotatable bonds is 6. The zero-order valence-electron chi connectivity index (χ0n) is 17.7. The Morgan fingerprint density at radius 2 is 1.53 bits per heavy atom. The number of amides is 2. The number of sulfonamides is 1. The fourth-order valence-electron chi connectivity index (χ4n) is 3.99. The number of benzene rings is 2. The van der Waals surface area contributed by atoms with Gasteiger partial charge in [-0.2, -0.15) is 4.31 Å². The molecule has 2 aromatic carbocycles. The summed E-state index contributed by atoms with van der Waals surface area (Å²) < 4.78 is 32.3. The molecule has 9 heteroatoms. The van der Waals surface area contributed by atoms with Gasteiger partial charge in [0.15, 0.2) is 0 Å². The Labute approximate surface area is 186 Å². The van der Waals surface area contributed by atoms with Gasteiger partial charge in [-0.15, -0.1) is 0 Å². The van der Waals surface area contributed by atoms with Crippen LogP contribution in [-0.4, -0.2) is 61.6 Å². The van der Waals surface area contributed by atoms with Gasteiger partial charge < -0.3 is 4.74 Å². The summed E-state index contributed by atoms with van der Waals surface area (Å²) in [6, 6.07) is 13.3. The molecule has 2 aliphatic heterocycles. The van der Waals surface area contributed by atoms with Crippen LogP contribution in [0.15, 0.2) is 53.4 Å². The summed E-state index contributed by atoms with van der Waals surface area (Å²) in [5, 5.41) is 0. The number of aryl methyl sites for hydroxylation is 1. The van der Waals surface area contributed by atoms with Crippen LogP contribution in [0.4, 0.5) is 0 Å². The highest BCUT2D eigenvalue weighted by Crippen LogP contribution is 2.25. The van der Waals surface area contributed by atoms with E-state index in [4.69, 9.17) is 4.74 Å². The van der Waals surface area contributed by atoms with Crippen LogP contribution in [0.5, 0.6) is 0 Å². The monoisotopic (exact) mass is 456 g/mol. The Morgan fingerprint density at radius 1 is 0.969 bits per heavy atom. The van der Waals surface area contributed by atoms with E-state index >= 15 is 0 Å². The number of hydrogen-bond donors (Lipinski definition) is 0. The Bertz CT molecular complexity index is 1120. The average molecular weight is 457 g/mol. The van der Waals surface area contributed by atoms with E-state index in [1.165, 1.54) is 4.31 Å². The van der Waals surface area contributed by atoms with Crippen molar-refractivity contribution in [2.24, 2.45) is 5.92 Å². The number of hydrogen-bond acceptors (Lipinski definition) is 6. The van der Waals surface area contributed by atoms with Gasteiger partial charge in [-0.05, 0) is 44.0 Å². The first kappa shape index (κ1) is 22.2. The van der Waals surface area contributed by atoms with Gasteiger partial charge in [0, 0.05) is 13.1 Å². The van der Waals surface area contributed by atoms with Crippen molar-refractivity contribution in [1.29, 1.82) is 0 Å². The summed E-state index contributed by atoms with van der Waals surface area (Å²) in [6.45, 7) is 2.25. The second kappa shape index (κ2) is 8.84. The zero-order chi connectivity index (χ0) is 22.9. The maximum absolute atomic E-state index is 12.8. The van der Waals surface area contributed by atoms with Crippen LogP contribution in [0, 0.1) is 12.8 Å². The number of fused-ring (bicyclic) bond motifs is 1. The second-order valence-electron chi connectivity index (χ2n) is 7.97. The van der Waals surface area contributed by atoms with Gasteiger partial charge in [0.1, 0.15) is 6.61 Å². The molecule has 4 rings (SSSR count). The summed E-state index contributed by atoms with van der Waals surface area (Å²) in [5.41, 5.74) is 1.68. The number of nitrogens with zero attached hydrogens (tertiary/aromatic N) is 2. The predicted octanol–water partition coefficient (Wildman–Crippen LogP) is 2.24. The van der Waals surface area contributed by atoms with Crippen molar-refractivity contribution in [3.05, 3.63) is 65.2 Å². The highest BCUT2D eigenvalue weighted by molar-refractivity contribution is 7.89. The topological polar surface area (TPSA) is 101 Å². The van der Waals surface area contributed by atoms with Crippen LogP contribution in [0.3, 0.4) is 0 Å². The Kier molecular flexibility index (Phi) is 6.12. The van der Waals surface area contributed by atoms with Crippen molar-refractivity contribution in [3.8, 4) is 0 Å². The zero-order valence-corrected chi connectivity index (χ0v) is 18.5. The number of carbonyl (C=O) groups excluding carboxylic acids is 3. The van der Waals surface area contributed by atoms with Crippen LogP contribution in [0.1, 0.15) is 39.1 Å². The lowest BCUT2D eigenvalue weighted by Crippen LogP contribution is -2.41. The van der Waals surface area contributed by atoms with Crippen LogP contribution >= 0.6 is 0 Å². The third-order valence-corrected chi connectivity index (χ3v) is 7.80. The summed E-state index contributed by atoms with van der Waals surface area (Å²) in [4.78, 5) is 38.5. The van der Waals surface area contributed by atoms with Crippen molar-refractivity contribution in [2.45, 2.75) is 24.7 Å². The van der Waals surface area contributed by atoms with Gasteiger partial charge in [0.2, 0.25) is 10.0 Å². The van der Waals surface area contributed by atoms with Crippen LogP contribution < -0.4 is 0 Å². The highest BCUT2D eigenvalue weighted by Gasteiger charge is 2.36. The summed E-state index contributed by atoms with van der Waals surface area (Å²) in [6.07, 6.45) is 0.716. The predicted molar refractivity (Wildman–Crippen MR) is 115 cm³/mol. The minimum absolute atomic E-state index is 0.0151. The van der Waals surface area contributed by atoms with Gasteiger partial charge in [0.25, 0.3) is 11.8 Å². The maximum atomic E-state index is 12.8. The molecule has 0 unspecified atom stereocenters. The van der Waals surface area contributed by atoms with Crippen LogP contribution in [-0.2, 0) is 19.6 Å². The molecule has 1 fully saturated rings. The SMILES string of the molecule is Cc1ccc(S(=O)(=O)N2CCC(C(=O)OCCN3C(=O)c4ccccc4C3=O)CC2)cc1. The van der Waals surface area contributed by atoms with Crippen molar-refractivity contribution in [3.63, 3.8) is 0 Å². The summed E-state index contributed by atoms with van der Waals surface area (Å²) >= 11 is 0. The molecule has 0 radical (unpaired) electrons. The molecule has 2 amide bonds. The van der Waals surface area contributed by atoms with E-state index in [1.54, 1.807) is 48.5 Å². The molecule has 0 atom stereocenters. The first-order valence-corrected chi connectivity index (χ1v) is 11.9. The highest BCUT2D eigenvalue weighted by atomic mass is 32.2. The molecule has 0 saturated carbocycles. The molecule has 0 bridgehead atoms. The van der Waals surface area contributed by atoms with Gasteiger partial charge in [-0.25, -0.2) is 8.42 Å². The molecular weight excluding hydrogens is 432 g/mol. The lowest BCUT2D eigenvalue weighted by molar-refractivity contribution is -0.150. The standard InChI is InChI=1S/C23H24N2O6S/c1-16-6-8-18(9-7-16)32(29,30)24-12-10-17(11-13-24)23(28)31-15-14-25-21(26)19-4-2-3-5-20(19)22(25)27/h2-9,17H,10-15H2,1H3. The molecule has 2 heterocycles. The van der Waals surface area contributed by atoms with Gasteiger partial charge in [-0.3, -0.25) is 19.3 Å². The molecule has 0 aromatic heterocycles. The smallest absolute Gasteiger partial charge is 0.309 e. The first-order chi connectivity index (χ1) is 15.3. The minimum atomic E-state index is -3.59. The van der Waals surface area contributed by atoms with Gasteiger partial charge in [0.05, 0.1) is 28.5 Å². The van der Waals surface area contributed by atoms with E-state index in [9.17, 15) is 22.8 Å². The summed E-state index contributed by atoms with van der Waals surface area (Å²) in [7, 11) is -3.59. The molecular formula is C23H24N2O6S. The number of esters is 1. The fourth-order valence-corrected chi connectivity index (χ4v) is 5.46. The fraction of sp³-hybridized carbons (Fsp3) is 0.348. The minimum Gasteiger partial charge on any atom is -0.464 e. The number of carbonyl (C=O) groups is 3. The number of piperidine rings is 1. The lowest BCUT2D eigenvalue weighted by atomic mass is 9.98.